The van der Waals surface area contributed by atoms with E-state index in [1.54, 1.807) is 19.2 Å². The molecule has 9 heteroatoms. The standard InChI is InChI=1S/C20H23ClFNO4S2/c1-26-20(5-7-27-8-6-20)15-9-16(22)11-18(10-15)28-17-4-3-14(19(21)12-17)13-23-29(2,24)25/h3-4,9-12,23H,5-8,13H2,1-2H3. The Balaban J connectivity index is 1.81. The molecule has 0 amide bonds. The molecule has 0 saturated carbocycles. The summed E-state index contributed by atoms with van der Waals surface area (Å²) in [5, 5.41) is 0.445. The molecule has 3 rings (SSSR count). The van der Waals surface area contributed by atoms with E-state index in [0.717, 1.165) is 21.6 Å². The first-order chi connectivity index (χ1) is 13.7. The molecule has 0 atom stereocenters. The van der Waals surface area contributed by atoms with E-state index < -0.39 is 15.6 Å². The van der Waals surface area contributed by atoms with Crippen molar-refractivity contribution in [3.8, 4) is 0 Å². The SMILES string of the molecule is COC1(c2cc(F)cc(Sc3ccc(CNS(C)(=O)=O)c(Cl)c3)c2)CCOCC1. The number of sulfonamides is 1. The van der Waals surface area contributed by atoms with Crippen molar-refractivity contribution >= 4 is 33.4 Å². The van der Waals surface area contributed by atoms with Crippen LogP contribution < -0.4 is 4.72 Å². The summed E-state index contributed by atoms with van der Waals surface area (Å²) in [6.45, 7) is 1.27. The van der Waals surface area contributed by atoms with Crippen molar-refractivity contribution in [2.75, 3.05) is 26.6 Å². The van der Waals surface area contributed by atoms with Gasteiger partial charge in [0.15, 0.2) is 0 Å². The summed E-state index contributed by atoms with van der Waals surface area (Å²) in [4.78, 5) is 1.56. The largest absolute Gasteiger partial charge is 0.381 e. The summed E-state index contributed by atoms with van der Waals surface area (Å²) >= 11 is 7.68. The molecule has 1 aliphatic rings. The van der Waals surface area contributed by atoms with E-state index in [4.69, 9.17) is 21.1 Å². The zero-order chi connectivity index (χ0) is 21.1. The summed E-state index contributed by atoms with van der Waals surface area (Å²) in [7, 11) is -1.66. The molecule has 0 aromatic heterocycles. The molecule has 0 radical (unpaired) electrons. The number of hydrogen-bond donors (Lipinski definition) is 1. The molecular formula is C20H23ClFNO4S2. The van der Waals surface area contributed by atoms with Crippen LogP contribution in [0.2, 0.25) is 5.02 Å². The lowest BCUT2D eigenvalue weighted by Crippen LogP contribution is -2.35. The first kappa shape index (κ1) is 22.5. The highest BCUT2D eigenvalue weighted by Crippen LogP contribution is 2.39. The van der Waals surface area contributed by atoms with Crippen LogP contribution in [0.5, 0.6) is 0 Å². The van der Waals surface area contributed by atoms with Crippen LogP contribution in [0.3, 0.4) is 0 Å². The van der Waals surface area contributed by atoms with Gasteiger partial charge in [0.1, 0.15) is 5.82 Å². The average Bonchev–Trinajstić information content (AvgIpc) is 2.66. The fraction of sp³-hybridized carbons (Fsp3) is 0.400. The molecule has 0 unspecified atom stereocenters. The van der Waals surface area contributed by atoms with E-state index >= 15 is 0 Å². The number of methoxy groups -OCH3 is 1. The van der Waals surface area contributed by atoms with Crippen molar-refractivity contribution in [3.63, 3.8) is 0 Å². The van der Waals surface area contributed by atoms with Crippen LogP contribution >= 0.6 is 23.4 Å². The van der Waals surface area contributed by atoms with Gasteiger partial charge in [-0.2, -0.15) is 0 Å². The number of halogens is 2. The number of benzene rings is 2. The van der Waals surface area contributed by atoms with Crippen molar-refractivity contribution in [2.45, 2.75) is 34.8 Å². The van der Waals surface area contributed by atoms with E-state index in [-0.39, 0.29) is 12.4 Å². The smallest absolute Gasteiger partial charge is 0.209 e. The molecule has 2 aromatic rings. The minimum absolute atomic E-state index is 0.116. The molecular weight excluding hydrogens is 437 g/mol. The quantitative estimate of drug-likeness (QED) is 0.667. The third-order valence-electron chi connectivity index (χ3n) is 4.87. The summed E-state index contributed by atoms with van der Waals surface area (Å²) in [5.41, 5.74) is 0.918. The van der Waals surface area contributed by atoms with Crippen LogP contribution in [0.25, 0.3) is 0 Å². The van der Waals surface area contributed by atoms with Crippen molar-refractivity contribution in [1.29, 1.82) is 0 Å². The Morgan fingerprint density at radius 1 is 1.21 bits per heavy atom. The monoisotopic (exact) mass is 459 g/mol. The van der Waals surface area contributed by atoms with Crippen LogP contribution in [0.15, 0.2) is 46.2 Å². The van der Waals surface area contributed by atoms with Gasteiger partial charge in [-0.15, -0.1) is 0 Å². The Labute approximate surface area is 180 Å². The van der Waals surface area contributed by atoms with Gasteiger partial charge in [0.25, 0.3) is 0 Å². The van der Waals surface area contributed by atoms with Gasteiger partial charge in [0.2, 0.25) is 10.0 Å². The van der Waals surface area contributed by atoms with E-state index in [2.05, 4.69) is 4.72 Å². The van der Waals surface area contributed by atoms with Gasteiger partial charge < -0.3 is 9.47 Å². The first-order valence-electron chi connectivity index (χ1n) is 9.06. The zero-order valence-electron chi connectivity index (χ0n) is 16.2. The van der Waals surface area contributed by atoms with Crippen molar-refractivity contribution < 1.29 is 22.3 Å². The molecule has 1 N–H and O–H groups in total. The lowest BCUT2D eigenvalue weighted by atomic mass is 9.86. The average molecular weight is 460 g/mol. The van der Waals surface area contributed by atoms with E-state index in [1.807, 2.05) is 12.1 Å². The Kier molecular flexibility index (Phi) is 7.24. The fourth-order valence-corrected chi connectivity index (χ4v) is 4.95. The van der Waals surface area contributed by atoms with Crippen LogP contribution in [0.1, 0.15) is 24.0 Å². The molecule has 5 nitrogen and oxygen atoms in total. The maximum Gasteiger partial charge on any atom is 0.209 e. The van der Waals surface area contributed by atoms with Gasteiger partial charge in [0.05, 0.1) is 11.9 Å². The Hall–Kier alpha value is -1.16. The lowest BCUT2D eigenvalue weighted by Gasteiger charge is -2.36. The topological polar surface area (TPSA) is 64.6 Å². The summed E-state index contributed by atoms with van der Waals surface area (Å²) in [5.74, 6) is -0.326. The molecule has 1 fully saturated rings. The molecule has 0 spiro atoms. The van der Waals surface area contributed by atoms with Crippen LogP contribution in [-0.2, 0) is 31.6 Å². The number of nitrogens with one attached hydrogen (secondary N) is 1. The molecule has 1 aliphatic heterocycles. The van der Waals surface area contributed by atoms with Gasteiger partial charge >= 0.3 is 0 Å². The predicted molar refractivity (Wildman–Crippen MR) is 112 cm³/mol. The summed E-state index contributed by atoms with van der Waals surface area (Å²) in [6, 6.07) is 10.3. The third kappa shape index (κ3) is 5.93. The maximum atomic E-state index is 14.4. The molecule has 1 heterocycles. The summed E-state index contributed by atoms with van der Waals surface area (Å²) in [6.07, 6.45) is 2.44. The number of hydrogen-bond acceptors (Lipinski definition) is 5. The number of rotatable bonds is 7. The van der Waals surface area contributed by atoms with Crippen LogP contribution in [0.4, 0.5) is 4.39 Å². The van der Waals surface area contributed by atoms with Gasteiger partial charge in [0, 0.05) is 54.5 Å². The molecule has 1 saturated heterocycles. The van der Waals surface area contributed by atoms with E-state index in [9.17, 15) is 12.8 Å². The van der Waals surface area contributed by atoms with Gasteiger partial charge in [-0.05, 0) is 41.5 Å². The van der Waals surface area contributed by atoms with E-state index in [0.29, 0.717) is 36.6 Å². The van der Waals surface area contributed by atoms with Crippen LogP contribution in [-0.4, -0.2) is 35.0 Å². The predicted octanol–water partition coefficient (Wildman–Crippen LogP) is 4.33. The molecule has 29 heavy (non-hydrogen) atoms. The highest BCUT2D eigenvalue weighted by molar-refractivity contribution is 7.99. The molecule has 158 valence electrons. The summed E-state index contributed by atoms with van der Waals surface area (Å²) < 4.78 is 50.5. The lowest BCUT2D eigenvalue weighted by molar-refractivity contribution is -0.0950. The third-order valence-corrected chi connectivity index (χ3v) is 6.86. The number of ether oxygens (including phenoxy) is 2. The van der Waals surface area contributed by atoms with Gasteiger partial charge in [-0.3, -0.25) is 0 Å². The second-order valence-corrected chi connectivity index (χ2v) is 10.3. The zero-order valence-corrected chi connectivity index (χ0v) is 18.6. The Morgan fingerprint density at radius 3 is 2.55 bits per heavy atom. The second kappa shape index (κ2) is 9.32. The van der Waals surface area contributed by atoms with E-state index in [1.165, 1.54) is 23.9 Å². The van der Waals surface area contributed by atoms with Crippen molar-refractivity contribution in [1.82, 2.24) is 4.72 Å². The minimum Gasteiger partial charge on any atom is -0.381 e. The van der Waals surface area contributed by atoms with Crippen molar-refractivity contribution in [3.05, 3.63) is 58.4 Å². The molecule has 2 aromatic carbocycles. The highest BCUT2D eigenvalue weighted by atomic mass is 35.5. The second-order valence-electron chi connectivity index (χ2n) is 6.93. The normalized spacial score (nSPS) is 16.7. The fourth-order valence-electron chi connectivity index (χ4n) is 3.28. The van der Waals surface area contributed by atoms with Gasteiger partial charge in [-0.25, -0.2) is 17.5 Å². The van der Waals surface area contributed by atoms with Gasteiger partial charge in [-0.1, -0.05) is 29.4 Å². The first-order valence-corrected chi connectivity index (χ1v) is 12.1. The highest BCUT2D eigenvalue weighted by Gasteiger charge is 2.35. The molecule has 0 aliphatic carbocycles. The Morgan fingerprint density at radius 2 is 1.93 bits per heavy atom. The van der Waals surface area contributed by atoms with Crippen LogP contribution in [0, 0.1) is 5.82 Å². The van der Waals surface area contributed by atoms with Crippen molar-refractivity contribution in [2.24, 2.45) is 0 Å². The Bertz CT molecular complexity index is 978. The maximum absolute atomic E-state index is 14.4. The minimum atomic E-state index is -3.30. The molecule has 0 bridgehead atoms.